The molecule has 1 N–H and O–H groups in total. The number of sulfonamides is 1. The molecule has 0 saturated heterocycles. The second-order valence-electron chi connectivity index (χ2n) is 7.35. The summed E-state index contributed by atoms with van der Waals surface area (Å²) in [7, 11) is -3.90. The zero-order chi connectivity index (χ0) is 22.6. The molecule has 2 rings (SSSR count). The molecule has 0 aliphatic heterocycles. The molecule has 162 valence electrons. The Labute approximate surface area is 177 Å². The first kappa shape index (κ1) is 23.3. The molecule has 30 heavy (non-hydrogen) atoms. The minimum absolute atomic E-state index is 0.122. The Morgan fingerprint density at radius 1 is 1.17 bits per heavy atom. The number of carbonyl (C=O) groups is 1. The van der Waals surface area contributed by atoms with Gasteiger partial charge in [-0.1, -0.05) is 42.8 Å². The van der Waals surface area contributed by atoms with E-state index >= 15 is 0 Å². The van der Waals surface area contributed by atoms with Crippen molar-refractivity contribution in [2.45, 2.75) is 46.2 Å². The molecular formula is C21H27N3O5S. The Morgan fingerprint density at radius 2 is 1.77 bits per heavy atom. The lowest BCUT2D eigenvalue weighted by atomic mass is 10.1. The van der Waals surface area contributed by atoms with E-state index in [1.165, 1.54) is 18.2 Å². The number of nitrogens with zero attached hydrogens (tertiary/aromatic N) is 2. The molecule has 0 bridgehead atoms. The first-order valence-electron chi connectivity index (χ1n) is 9.57. The number of nitrogens with one attached hydrogen (secondary N) is 1. The van der Waals surface area contributed by atoms with Crippen LogP contribution in [0.4, 0.5) is 11.4 Å². The molecule has 2 aromatic carbocycles. The van der Waals surface area contributed by atoms with Gasteiger partial charge in [0.2, 0.25) is 15.9 Å². The molecule has 0 aliphatic rings. The van der Waals surface area contributed by atoms with Crippen LogP contribution in [-0.4, -0.2) is 31.5 Å². The third-order valence-corrected chi connectivity index (χ3v) is 6.07. The van der Waals surface area contributed by atoms with Gasteiger partial charge in [-0.15, -0.1) is 0 Å². The Bertz CT molecular complexity index is 1040. The molecule has 0 spiro atoms. The topological polar surface area (TPSA) is 110 Å². The van der Waals surface area contributed by atoms with E-state index in [-0.39, 0.29) is 23.8 Å². The molecule has 0 heterocycles. The summed E-state index contributed by atoms with van der Waals surface area (Å²) in [4.78, 5) is 23.7. The largest absolute Gasteiger partial charge is 0.348 e. The normalized spacial score (nSPS) is 13.4. The highest BCUT2D eigenvalue weighted by atomic mass is 32.2. The van der Waals surface area contributed by atoms with E-state index < -0.39 is 26.9 Å². The van der Waals surface area contributed by atoms with E-state index in [9.17, 15) is 23.3 Å². The molecule has 0 aromatic heterocycles. The lowest BCUT2D eigenvalue weighted by Crippen LogP contribution is -2.50. The summed E-state index contributed by atoms with van der Waals surface area (Å²) in [5.74, 6) is -0.470. The molecule has 1 amide bonds. The van der Waals surface area contributed by atoms with E-state index in [1.807, 2.05) is 38.1 Å². The van der Waals surface area contributed by atoms with Gasteiger partial charge in [0.1, 0.15) is 6.04 Å². The summed E-state index contributed by atoms with van der Waals surface area (Å²) < 4.78 is 26.3. The van der Waals surface area contributed by atoms with Gasteiger partial charge in [0, 0.05) is 12.1 Å². The van der Waals surface area contributed by atoms with E-state index in [1.54, 1.807) is 13.8 Å². The Balaban J connectivity index is 2.42. The number of benzene rings is 2. The van der Waals surface area contributed by atoms with E-state index in [2.05, 4.69) is 5.32 Å². The zero-order valence-corrected chi connectivity index (χ0v) is 18.6. The first-order valence-corrected chi connectivity index (χ1v) is 11.4. The van der Waals surface area contributed by atoms with Gasteiger partial charge in [-0.05, 0) is 38.3 Å². The van der Waals surface area contributed by atoms with Crippen LogP contribution in [0.3, 0.4) is 0 Å². The third-order valence-electron chi connectivity index (χ3n) is 4.91. The number of non-ortho nitro benzene ring substituents is 1. The molecule has 9 heteroatoms. The number of nitro benzene ring substituents is 1. The fourth-order valence-electron chi connectivity index (χ4n) is 3.23. The van der Waals surface area contributed by atoms with Crippen LogP contribution >= 0.6 is 0 Å². The number of amides is 1. The standard InChI is InChI=1S/C21H27N3O5S/c1-6-19(21(25)22-16(4)17-10-7-14(2)8-11-17)23(30(5,28)29)20-13-18(24(26)27)12-9-15(20)3/h7-13,16,19H,6H2,1-5H3,(H,22,25)/t16-,19-/m1/s1. The minimum Gasteiger partial charge on any atom is -0.348 e. The fourth-order valence-corrected chi connectivity index (χ4v) is 4.49. The Hall–Kier alpha value is -2.94. The van der Waals surface area contributed by atoms with Gasteiger partial charge in [-0.3, -0.25) is 19.2 Å². The smallest absolute Gasteiger partial charge is 0.271 e. The molecule has 2 atom stereocenters. The molecular weight excluding hydrogens is 406 g/mol. The van der Waals surface area contributed by atoms with Crippen molar-refractivity contribution in [3.05, 3.63) is 69.3 Å². The fraction of sp³-hybridized carbons (Fsp3) is 0.381. The quantitative estimate of drug-likeness (QED) is 0.505. The third kappa shape index (κ3) is 5.35. The van der Waals surface area contributed by atoms with Crippen LogP contribution in [0.5, 0.6) is 0 Å². The van der Waals surface area contributed by atoms with Crippen molar-refractivity contribution in [3.63, 3.8) is 0 Å². The number of rotatable bonds is 8. The molecule has 8 nitrogen and oxygen atoms in total. The molecule has 2 aromatic rings. The number of nitro groups is 1. The van der Waals surface area contributed by atoms with Gasteiger partial charge >= 0.3 is 0 Å². The summed E-state index contributed by atoms with van der Waals surface area (Å²) in [6, 6.07) is 10.3. The van der Waals surface area contributed by atoms with Crippen molar-refractivity contribution in [2.75, 3.05) is 10.6 Å². The van der Waals surface area contributed by atoms with Crippen molar-refractivity contribution in [1.82, 2.24) is 5.32 Å². The van der Waals surface area contributed by atoms with Gasteiger partial charge in [0.05, 0.1) is 22.9 Å². The number of anilines is 1. The zero-order valence-electron chi connectivity index (χ0n) is 17.7. The maximum atomic E-state index is 13.1. The number of hydrogen-bond acceptors (Lipinski definition) is 5. The van der Waals surface area contributed by atoms with Gasteiger partial charge in [0.25, 0.3) is 5.69 Å². The summed E-state index contributed by atoms with van der Waals surface area (Å²) >= 11 is 0. The van der Waals surface area contributed by atoms with Gasteiger partial charge in [-0.25, -0.2) is 8.42 Å². The first-order chi connectivity index (χ1) is 14.0. The molecule has 0 fully saturated rings. The van der Waals surface area contributed by atoms with E-state index in [4.69, 9.17) is 0 Å². The van der Waals surface area contributed by atoms with Crippen molar-refractivity contribution in [1.29, 1.82) is 0 Å². The monoisotopic (exact) mass is 433 g/mol. The van der Waals surface area contributed by atoms with Crippen LogP contribution in [-0.2, 0) is 14.8 Å². The summed E-state index contributed by atoms with van der Waals surface area (Å²) in [5.41, 5.74) is 2.38. The Kier molecular flexibility index (Phi) is 7.20. The van der Waals surface area contributed by atoms with Crippen LogP contribution in [0.2, 0.25) is 0 Å². The summed E-state index contributed by atoms with van der Waals surface area (Å²) in [5, 5.41) is 14.1. The van der Waals surface area contributed by atoms with Crippen molar-refractivity contribution in [2.24, 2.45) is 0 Å². The number of carbonyl (C=O) groups excluding carboxylic acids is 1. The lowest BCUT2D eigenvalue weighted by molar-refractivity contribution is -0.384. The maximum absolute atomic E-state index is 13.1. The van der Waals surface area contributed by atoms with Crippen LogP contribution < -0.4 is 9.62 Å². The van der Waals surface area contributed by atoms with Crippen LogP contribution in [0.1, 0.15) is 43.0 Å². The highest BCUT2D eigenvalue weighted by molar-refractivity contribution is 7.92. The molecule has 0 unspecified atom stereocenters. The highest BCUT2D eigenvalue weighted by Crippen LogP contribution is 2.30. The van der Waals surface area contributed by atoms with E-state index in [0.29, 0.717) is 5.56 Å². The van der Waals surface area contributed by atoms with Crippen molar-refractivity contribution in [3.8, 4) is 0 Å². The SMILES string of the molecule is CC[C@H](C(=O)N[C@H](C)c1ccc(C)cc1)N(c1cc([N+](=O)[O-])ccc1C)S(C)(=O)=O. The van der Waals surface area contributed by atoms with Gasteiger partial charge < -0.3 is 5.32 Å². The maximum Gasteiger partial charge on any atom is 0.271 e. The molecule has 0 radical (unpaired) electrons. The Morgan fingerprint density at radius 3 is 2.27 bits per heavy atom. The summed E-state index contributed by atoms with van der Waals surface area (Å²) in [6.07, 6.45) is 1.19. The van der Waals surface area contributed by atoms with Crippen molar-refractivity contribution < 1.29 is 18.1 Å². The average molecular weight is 434 g/mol. The molecule has 0 saturated carbocycles. The minimum atomic E-state index is -3.90. The van der Waals surface area contributed by atoms with Crippen LogP contribution in [0.25, 0.3) is 0 Å². The predicted octanol–water partition coefficient (Wildman–Crippen LogP) is 3.63. The lowest BCUT2D eigenvalue weighted by Gasteiger charge is -2.32. The average Bonchev–Trinajstić information content (AvgIpc) is 2.66. The second-order valence-corrected chi connectivity index (χ2v) is 9.21. The second kappa shape index (κ2) is 9.25. The number of hydrogen-bond donors (Lipinski definition) is 1. The summed E-state index contributed by atoms with van der Waals surface area (Å²) in [6.45, 7) is 7.13. The van der Waals surface area contributed by atoms with Crippen molar-refractivity contribution >= 4 is 27.3 Å². The van der Waals surface area contributed by atoms with E-state index in [0.717, 1.165) is 21.7 Å². The van der Waals surface area contributed by atoms with Gasteiger partial charge in [0.15, 0.2) is 0 Å². The highest BCUT2D eigenvalue weighted by Gasteiger charge is 2.33. The number of aryl methyl sites for hydroxylation is 2. The van der Waals surface area contributed by atoms with Gasteiger partial charge in [-0.2, -0.15) is 0 Å². The molecule has 0 aliphatic carbocycles. The van der Waals surface area contributed by atoms with Crippen LogP contribution in [0, 0.1) is 24.0 Å². The van der Waals surface area contributed by atoms with Crippen LogP contribution in [0.15, 0.2) is 42.5 Å². The predicted molar refractivity (Wildman–Crippen MR) is 117 cm³/mol.